The number of H-pyrrole nitrogens is 1. The van der Waals surface area contributed by atoms with Gasteiger partial charge in [0, 0.05) is 11.1 Å². The van der Waals surface area contributed by atoms with E-state index in [1.165, 1.54) is 12.1 Å². The SMILES string of the molecule is N#Cc1c(N)[nH]c(=O)c(C#N)c1-c1cccc(F)c1C(=O)O. The maximum atomic E-state index is 13.8. The van der Waals surface area contributed by atoms with Gasteiger partial charge in [-0.05, 0) is 6.07 Å². The summed E-state index contributed by atoms with van der Waals surface area (Å²) in [5.41, 5.74) is 2.50. The third-order valence-electron chi connectivity index (χ3n) is 2.97. The fraction of sp³-hybridized carbons (Fsp3) is 0. The Labute approximate surface area is 122 Å². The Morgan fingerprint density at radius 1 is 1.27 bits per heavy atom. The van der Waals surface area contributed by atoms with Crippen molar-refractivity contribution in [3.05, 3.63) is 51.1 Å². The zero-order valence-corrected chi connectivity index (χ0v) is 10.8. The minimum Gasteiger partial charge on any atom is -0.478 e. The molecule has 0 saturated carbocycles. The van der Waals surface area contributed by atoms with Gasteiger partial charge in [-0.1, -0.05) is 12.1 Å². The standard InChI is InChI=1S/C14H7FN4O3/c15-9-3-1-2-6(11(9)14(21)22)10-7(4-16)12(18)19-13(20)8(10)5-17/h1-3H,(H,21,22)(H3,18,19,20). The van der Waals surface area contributed by atoms with Crippen LogP contribution in [0.4, 0.5) is 10.2 Å². The normalized spacial score (nSPS) is 9.77. The van der Waals surface area contributed by atoms with E-state index in [4.69, 9.17) is 21.4 Å². The van der Waals surface area contributed by atoms with Gasteiger partial charge in [0.15, 0.2) is 0 Å². The molecular weight excluding hydrogens is 291 g/mol. The molecule has 0 saturated heterocycles. The summed E-state index contributed by atoms with van der Waals surface area (Å²) in [6.45, 7) is 0. The lowest BCUT2D eigenvalue weighted by molar-refractivity contribution is 0.0693. The van der Waals surface area contributed by atoms with Crippen LogP contribution >= 0.6 is 0 Å². The number of anilines is 1. The van der Waals surface area contributed by atoms with Crippen molar-refractivity contribution in [2.24, 2.45) is 0 Å². The molecule has 0 radical (unpaired) electrons. The van der Waals surface area contributed by atoms with E-state index in [-0.39, 0.29) is 22.5 Å². The highest BCUT2D eigenvalue weighted by atomic mass is 19.1. The van der Waals surface area contributed by atoms with Crippen LogP contribution in [0.3, 0.4) is 0 Å². The van der Waals surface area contributed by atoms with Gasteiger partial charge >= 0.3 is 5.97 Å². The van der Waals surface area contributed by atoms with Gasteiger partial charge < -0.3 is 15.8 Å². The van der Waals surface area contributed by atoms with Crippen LogP contribution in [-0.4, -0.2) is 16.1 Å². The van der Waals surface area contributed by atoms with Gasteiger partial charge in [-0.25, -0.2) is 9.18 Å². The largest absolute Gasteiger partial charge is 0.478 e. The van der Waals surface area contributed by atoms with Crippen molar-refractivity contribution >= 4 is 11.8 Å². The average Bonchev–Trinajstić information content (AvgIpc) is 2.45. The first-order chi connectivity index (χ1) is 10.4. The number of carbonyl (C=O) groups is 1. The summed E-state index contributed by atoms with van der Waals surface area (Å²) >= 11 is 0. The lowest BCUT2D eigenvalue weighted by Gasteiger charge is -2.11. The number of nitrogens with one attached hydrogen (secondary N) is 1. The molecule has 0 amide bonds. The molecule has 1 aromatic carbocycles. The number of hydrogen-bond acceptors (Lipinski definition) is 5. The van der Waals surface area contributed by atoms with Crippen LogP contribution in [0.15, 0.2) is 23.0 Å². The molecule has 0 spiro atoms. The minimum absolute atomic E-state index is 0.265. The number of pyridine rings is 1. The van der Waals surface area contributed by atoms with Crippen molar-refractivity contribution in [1.82, 2.24) is 4.98 Å². The van der Waals surface area contributed by atoms with E-state index in [1.807, 2.05) is 0 Å². The van der Waals surface area contributed by atoms with Crippen molar-refractivity contribution in [3.63, 3.8) is 0 Å². The number of benzene rings is 1. The maximum absolute atomic E-state index is 13.8. The maximum Gasteiger partial charge on any atom is 0.339 e. The molecule has 2 rings (SSSR count). The summed E-state index contributed by atoms with van der Waals surface area (Å²) in [7, 11) is 0. The summed E-state index contributed by atoms with van der Waals surface area (Å²) in [4.78, 5) is 25.2. The molecule has 108 valence electrons. The monoisotopic (exact) mass is 298 g/mol. The molecule has 0 atom stereocenters. The minimum atomic E-state index is -1.60. The van der Waals surface area contributed by atoms with Crippen LogP contribution in [0.5, 0.6) is 0 Å². The van der Waals surface area contributed by atoms with Gasteiger partial charge in [0.25, 0.3) is 5.56 Å². The smallest absolute Gasteiger partial charge is 0.339 e. The second-order valence-electron chi connectivity index (χ2n) is 4.18. The number of aromatic amines is 1. The van der Waals surface area contributed by atoms with Gasteiger partial charge in [-0.2, -0.15) is 10.5 Å². The zero-order chi connectivity index (χ0) is 16.4. The predicted molar refractivity (Wildman–Crippen MR) is 73.3 cm³/mol. The Hall–Kier alpha value is -3.65. The molecule has 0 aliphatic rings. The predicted octanol–water partition coefficient (Wildman–Crippen LogP) is 1.20. The first kappa shape index (κ1) is 14.8. The second kappa shape index (κ2) is 5.38. The van der Waals surface area contributed by atoms with Crippen molar-refractivity contribution in [3.8, 4) is 23.3 Å². The molecule has 1 heterocycles. The Balaban J connectivity index is 3.06. The number of aromatic carboxylic acids is 1. The Kier molecular flexibility index (Phi) is 3.61. The van der Waals surface area contributed by atoms with Gasteiger partial charge in [-0.3, -0.25) is 4.79 Å². The first-order valence-corrected chi connectivity index (χ1v) is 5.80. The third kappa shape index (κ3) is 2.15. The quantitative estimate of drug-likeness (QED) is 0.759. The number of carboxylic acid groups (broad SMARTS) is 1. The fourth-order valence-corrected chi connectivity index (χ4v) is 2.06. The number of carboxylic acids is 1. The summed E-state index contributed by atoms with van der Waals surface area (Å²) in [6.07, 6.45) is 0. The van der Waals surface area contributed by atoms with E-state index in [1.54, 1.807) is 12.1 Å². The topological polar surface area (TPSA) is 144 Å². The lowest BCUT2D eigenvalue weighted by Crippen LogP contribution is -2.17. The molecule has 0 unspecified atom stereocenters. The van der Waals surface area contributed by atoms with Crippen LogP contribution in [-0.2, 0) is 0 Å². The van der Waals surface area contributed by atoms with Crippen molar-refractivity contribution in [1.29, 1.82) is 10.5 Å². The molecule has 1 aromatic heterocycles. The molecule has 0 bridgehead atoms. The molecule has 0 aliphatic heterocycles. The highest BCUT2D eigenvalue weighted by Crippen LogP contribution is 2.31. The van der Waals surface area contributed by atoms with E-state index in [0.29, 0.717) is 0 Å². The highest BCUT2D eigenvalue weighted by molar-refractivity contribution is 5.98. The number of nitriles is 2. The van der Waals surface area contributed by atoms with Crippen molar-refractivity contribution in [2.45, 2.75) is 0 Å². The van der Waals surface area contributed by atoms with E-state index < -0.39 is 28.5 Å². The lowest BCUT2D eigenvalue weighted by atomic mass is 9.92. The number of rotatable bonds is 2. The number of nitrogens with zero attached hydrogens (tertiary/aromatic N) is 2. The third-order valence-corrected chi connectivity index (χ3v) is 2.97. The fourth-order valence-electron chi connectivity index (χ4n) is 2.06. The van der Waals surface area contributed by atoms with Gasteiger partial charge in [0.1, 0.15) is 40.5 Å². The van der Waals surface area contributed by atoms with Crippen LogP contribution in [0.2, 0.25) is 0 Å². The number of nitrogens with two attached hydrogens (primary N) is 1. The number of nitrogen functional groups attached to an aromatic ring is 1. The molecule has 22 heavy (non-hydrogen) atoms. The van der Waals surface area contributed by atoms with Gasteiger partial charge in [-0.15, -0.1) is 0 Å². The Morgan fingerprint density at radius 2 is 1.91 bits per heavy atom. The molecule has 2 aromatic rings. The molecule has 4 N–H and O–H groups in total. The van der Waals surface area contributed by atoms with E-state index in [9.17, 15) is 14.0 Å². The Bertz CT molecular complexity index is 935. The van der Waals surface area contributed by atoms with Gasteiger partial charge in [0.05, 0.1) is 0 Å². The van der Waals surface area contributed by atoms with Crippen LogP contribution in [0.1, 0.15) is 21.5 Å². The highest BCUT2D eigenvalue weighted by Gasteiger charge is 2.24. The number of halogens is 1. The number of aromatic nitrogens is 1. The van der Waals surface area contributed by atoms with Crippen LogP contribution in [0, 0.1) is 28.5 Å². The van der Waals surface area contributed by atoms with Crippen LogP contribution in [0.25, 0.3) is 11.1 Å². The average molecular weight is 298 g/mol. The molecule has 7 nitrogen and oxygen atoms in total. The van der Waals surface area contributed by atoms with E-state index in [0.717, 1.165) is 6.07 Å². The summed E-state index contributed by atoms with van der Waals surface area (Å²) in [5, 5.41) is 27.4. The van der Waals surface area contributed by atoms with E-state index >= 15 is 0 Å². The molecule has 8 heteroatoms. The Morgan fingerprint density at radius 3 is 2.45 bits per heavy atom. The zero-order valence-electron chi connectivity index (χ0n) is 10.8. The summed E-state index contributed by atoms with van der Waals surface area (Å²) in [5.74, 6) is -2.99. The van der Waals surface area contributed by atoms with Gasteiger partial charge in [0.2, 0.25) is 0 Å². The van der Waals surface area contributed by atoms with Crippen molar-refractivity contribution < 1.29 is 14.3 Å². The summed E-state index contributed by atoms with van der Waals surface area (Å²) < 4.78 is 13.8. The summed E-state index contributed by atoms with van der Waals surface area (Å²) in [6, 6.07) is 6.59. The second-order valence-corrected chi connectivity index (χ2v) is 4.18. The first-order valence-electron chi connectivity index (χ1n) is 5.80. The van der Waals surface area contributed by atoms with E-state index in [2.05, 4.69) is 4.98 Å². The molecular formula is C14H7FN4O3. The molecule has 0 fully saturated rings. The molecule has 0 aliphatic carbocycles. The van der Waals surface area contributed by atoms with Crippen LogP contribution < -0.4 is 11.3 Å². The number of hydrogen-bond donors (Lipinski definition) is 3. The van der Waals surface area contributed by atoms with Crippen molar-refractivity contribution in [2.75, 3.05) is 5.73 Å².